The molecule has 2 N–H and O–H groups in total. The Balaban J connectivity index is 1.71. The van der Waals surface area contributed by atoms with Crippen LogP contribution in [-0.2, 0) is 14.9 Å². The Hall–Kier alpha value is -2.28. The summed E-state index contributed by atoms with van der Waals surface area (Å²) in [5.74, 6) is 2.50. The van der Waals surface area contributed by atoms with Crippen LogP contribution in [0, 0.1) is 5.92 Å². The summed E-state index contributed by atoms with van der Waals surface area (Å²) in [6.45, 7) is 9.79. The molecule has 0 bridgehead atoms. The fraction of sp³-hybridized carbons (Fsp3) is 0.680. The van der Waals surface area contributed by atoms with E-state index >= 15 is 0 Å². The first-order valence-electron chi connectivity index (χ1n) is 12.1. The number of amides is 1. The van der Waals surface area contributed by atoms with Gasteiger partial charge in [0.1, 0.15) is 5.75 Å². The Morgan fingerprint density at radius 3 is 2.47 bits per heavy atom. The summed E-state index contributed by atoms with van der Waals surface area (Å²) in [7, 11) is 1.71. The van der Waals surface area contributed by atoms with E-state index in [2.05, 4.69) is 46.7 Å². The van der Waals surface area contributed by atoms with Crippen molar-refractivity contribution in [3.63, 3.8) is 0 Å². The number of hydrogen-bond donors (Lipinski definition) is 2. The molecule has 7 nitrogen and oxygen atoms in total. The summed E-state index contributed by atoms with van der Waals surface area (Å²) in [6, 6.07) is 8.54. The Labute approximate surface area is 192 Å². The van der Waals surface area contributed by atoms with E-state index in [-0.39, 0.29) is 11.3 Å². The SMILES string of the molecule is CCNC(=NCC1(c2ccc(OCC)cc2)CCOCC1)N1CCC(CC(=O)NC)CC1. The van der Waals surface area contributed by atoms with Crippen molar-refractivity contribution in [2.75, 3.05) is 53.0 Å². The summed E-state index contributed by atoms with van der Waals surface area (Å²) in [6.07, 6.45) is 4.61. The van der Waals surface area contributed by atoms with Gasteiger partial charge in [0, 0.05) is 51.7 Å². The van der Waals surface area contributed by atoms with Gasteiger partial charge in [0.15, 0.2) is 5.96 Å². The number of carbonyl (C=O) groups excluding carboxylic acids is 1. The molecule has 1 aromatic carbocycles. The van der Waals surface area contributed by atoms with Gasteiger partial charge in [0.05, 0.1) is 13.2 Å². The van der Waals surface area contributed by atoms with E-state index in [0.717, 1.165) is 76.8 Å². The fourth-order valence-electron chi connectivity index (χ4n) is 4.74. The molecule has 0 atom stereocenters. The topological polar surface area (TPSA) is 75.2 Å². The molecule has 1 aromatic rings. The van der Waals surface area contributed by atoms with Crippen molar-refractivity contribution in [3.8, 4) is 5.75 Å². The summed E-state index contributed by atoms with van der Waals surface area (Å²) in [4.78, 5) is 19.2. The Bertz CT molecular complexity index is 736. The van der Waals surface area contributed by atoms with Crippen LogP contribution in [0.25, 0.3) is 0 Å². The maximum absolute atomic E-state index is 11.7. The lowest BCUT2D eigenvalue weighted by Gasteiger charge is -2.38. The van der Waals surface area contributed by atoms with Crippen molar-refractivity contribution in [2.45, 2.75) is 51.4 Å². The molecule has 0 radical (unpaired) electrons. The molecule has 0 unspecified atom stereocenters. The molecule has 3 rings (SSSR count). The Morgan fingerprint density at radius 1 is 1.19 bits per heavy atom. The first-order chi connectivity index (χ1) is 15.6. The molecule has 0 aromatic heterocycles. The third kappa shape index (κ3) is 6.37. The minimum Gasteiger partial charge on any atom is -0.494 e. The number of likely N-dealkylation sites (tertiary alicyclic amines) is 1. The fourth-order valence-corrected chi connectivity index (χ4v) is 4.74. The van der Waals surface area contributed by atoms with Crippen molar-refractivity contribution in [1.82, 2.24) is 15.5 Å². The summed E-state index contributed by atoms with van der Waals surface area (Å²) < 4.78 is 11.3. The van der Waals surface area contributed by atoms with Crippen LogP contribution < -0.4 is 15.4 Å². The molecule has 32 heavy (non-hydrogen) atoms. The second-order valence-electron chi connectivity index (χ2n) is 8.83. The molecule has 0 aliphatic carbocycles. The number of rotatable bonds is 8. The number of carbonyl (C=O) groups is 1. The van der Waals surface area contributed by atoms with Gasteiger partial charge in [-0.15, -0.1) is 0 Å². The molecular formula is C25H40N4O3. The molecule has 1 amide bonds. The van der Waals surface area contributed by atoms with Gasteiger partial charge >= 0.3 is 0 Å². The van der Waals surface area contributed by atoms with Crippen LogP contribution in [0.1, 0.15) is 51.5 Å². The standard InChI is InChI=1S/C25H40N4O3/c1-4-27-24(29-14-10-20(11-15-29)18-23(30)26-3)28-19-25(12-16-31-17-13-25)21-6-8-22(9-7-21)32-5-2/h6-9,20H,4-5,10-19H2,1-3H3,(H,26,30)(H,27,28). The van der Waals surface area contributed by atoms with Gasteiger partial charge in [-0.1, -0.05) is 12.1 Å². The van der Waals surface area contributed by atoms with Gasteiger partial charge in [-0.3, -0.25) is 9.79 Å². The predicted octanol–water partition coefficient (Wildman–Crippen LogP) is 2.95. The lowest BCUT2D eigenvalue weighted by Crippen LogP contribution is -2.47. The third-order valence-electron chi connectivity index (χ3n) is 6.76. The van der Waals surface area contributed by atoms with Crippen LogP contribution in [0.2, 0.25) is 0 Å². The number of nitrogens with one attached hydrogen (secondary N) is 2. The zero-order valence-corrected chi connectivity index (χ0v) is 20.0. The highest BCUT2D eigenvalue weighted by molar-refractivity contribution is 5.80. The highest BCUT2D eigenvalue weighted by Crippen LogP contribution is 2.36. The van der Waals surface area contributed by atoms with Crippen molar-refractivity contribution < 1.29 is 14.3 Å². The summed E-state index contributed by atoms with van der Waals surface area (Å²) in [5, 5.41) is 6.25. The average molecular weight is 445 g/mol. The van der Waals surface area contributed by atoms with E-state index in [1.807, 2.05) is 6.92 Å². The van der Waals surface area contributed by atoms with E-state index in [0.29, 0.717) is 18.9 Å². The molecular weight excluding hydrogens is 404 g/mol. The molecule has 2 saturated heterocycles. The van der Waals surface area contributed by atoms with Crippen molar-refractivity contribution in [1.29, 1.82) is 0 Å². The predicted molar refractivity (Wildman–Crippen MR) is 128 cm³/mol. The van der Waals surface area contributed by atoms with Gasteiger partial charge in [-0.2, -0.15) is 0 Å². The molecule has 2 aliphatic rings. The molecule has 2 heterocycles. The van der Waals surface area contributed by atoms with Gasteiger partial charge < -0.3 is 25.0 Å². The first-order valence-corrected chi connectivity index (χ1v) is 12.1. The second kappa shape index (κ2) is 12.1. The van der Waals surface area contributed by atoms with E-state index in [4.69, 9.17) is 14.5 Å². The number of hydrogen-bond acceptors (Lipinski definition) is 4. The summed E-state index contributed by atoms with van der Waals surface area (Å²) in [5.41, 5.74) is 1.30. The number of guanidine groups is 1. The smallest absolute Gasteiger partial charge is 0.220 e. The van der Waals surface area contributed by atoms with Crippen molar-refractivity contribution >= 4 is 11.9 Å². The minimum absolute atomic E-state index is 0.0127. The van der Waals surface area contributed by atoms with Crippen LogP contribution in [0.5, 0.6) is 5.75 Å². The quantitative estimate of drug-likeness (QED) is 0.476. The van der Waals surface area contributed by atoms with Crippen LogP contribution in [0.4, 0.5) is 0 Å². The average Bonchev–Trinajstić information content (AvgIpc) is 2.83. The maximum atomic E-state index is 11.7. The van der Waals surface area contributed by atoms with E-state index < -0.39 is 0 Å². The monoisotopic (exact) mass is 444 g/mol. The minimum atomic E-state index is -0.0127. The lowest BCUT2D eigenvalue weighted by molar-refractivity contribution is -0.121. The zero-order chi connectivity index (χ0) is 22.8. The van der Waals surface area contributed by atoms with Gasteiger partial charge in [-0.25, -0.2) is 0 Å². The highest BCUT2D eigenvalue weighted by Gasteiger charge is 2.35. The van der Waals surface area contributed by atoms with Gasteiger partial charge in [-0.05, 0) is 63.1 Å². The van der Waals surface area contributed by atoms with Crippen LogP contribution in [0.3, 0.4) is 0 Å². The van der Waals surface area contributed by atoms with Crippen molar-refractivity contribution in [2.24, 2.45) is 10.9 Å². The first kappa shape index (κ1) is 24.4. The number of piperidine rings is 1. The molecule has 0 spiro atoms. The Morgan fingerprint density at radius 2 is 1.88 bits per heavy atom. The highest BCUT2D eigenvalue weighted by atomic mass is 16.5. The molecule has 2 fully saturated rings. The van der Waals surface area contributed by atoms with Crippen LogP contribution in [0.15, 0.2) is 29.3 Å². The van der Waals surface area contributed by atoms with Crippen LogP contribution >= 0.6 is 0 Å². The van der Waals surface area contributed by atoms with E-state index in [1.165, 1.54) is 5.56 Å². The second-order valence-corrected chi connectivity index (χ2v) is 8.83. The van der Waals surface area contributed by atoms with Gasteiger partial charge in [0.2, 0.25) is 5.91 Å². The Kier molecular flexibility index (Phi) is 9.21. The maximum Gasteiger partial charge on any atom is 0.220 e. The van der Waals surface area contributed by atoms with E-state index in [1.54, 1.807) is 7.05 Å². The number of ether oxygens (including phenoxy) is 2. The number of aliphatic imine (C=N–C) groups is 1. The summed E-state index contributed by atoms with van der Waals surface area (Å²) >= 11 is 0. The van der Waals surface area contributed by atoms with Crippen LogP contribution in [-0.4, -0.2) is 69.8 Å². The molecule has 178 valence electrons. The lowest BCUT2D eigenvalue weighted by atomic mass is 9.74. The number of nitrogens with zero attached hydrogens (tertiary/aromatic N) is 2. The zero-order valence-electron chi connectivity index (χ0n) is 20.0. The molecule has 0 saturated carbocycles. The van der Waals surface area contributed by atoms with E-state index in [9.17, 15) is 4.79 Å². The molecule has 2 aliphatic heterocycles. The third-order valence-corrected chi connectivity index (χ3v) is 6.76. The van der Waals surface area contributed by atoms with Crippen molar-refractivity contribution in [3.05, 3.63) is 29.8 Å². The van der Waals surface area contributed by atoms with Gasteiger partial charge in [0.25, 0.3) is 0 Å². The molecule has 7 heteroatoms. The largest absolute Gasteiger partial charge is 0.494 e. The number of benzene rings is 1. The normalized spacial score (nSPS) is 19.5.